The average Bonchev–Trinajstić information content (AvgIpc) is 2.14. The van der Waals surface area contributed by atoms with E-state index in [1.807, 2.05) is 11.8 Å². The zero-order valence-corrected chi connectivity index (χ0v) is 5.74. The van der Waals surface area contributed by atoms with Gasteiger partial charge in [-0.15, -0.1) is 0 Å². The molecule has 0 N–H and O–H groups in total. The van der Waals surface area contributed by atoms with Gasteiger partial charge < -0.3 is 0 Å². The Morgan fingerprint density at radius 2 is 2.38 bits per heavy atom. The molecular weight excluding hydrogens is 118 g/mol. The van der Waals surface area contributed by atoms with Crippen molar-refractivity contribution in [1.82, 2.24) is 0 Å². The zero-order chi connectivity index (χ0) is 5.98. The lowest BCUT2D eigenvalue weighted by Crippen LogP contribution is -2.04. The molecule has 2 heteroatoms. The van der Waals surface area contributed by atoms with Crippen molar-refractivity contribution in [3.05, 3.63) is 0 Å². The molecule has 0 spiro atoms. The summed E-state index contributed by atoms with van der Waals surface area (Å²) in [5.74, 6) is 3.20. The van der Waals surface area contributed by atoms with Crippen LogP contribution < -0.4 is 0 Å². The van der Waals surface area contributed by atoms with Crippen molar-refractivity contribution < 1.29 is 0 Å². The highest BCUT2D eigenvalue weighted by Crippen LogP contribution is 2.28. The van der Waals surface area contributed by atoms with Crippen molar-refractivity contribution in [2.24, 2.45) is 11.8 Å². The third-order valence-corrected chi connectivity index (χ3v) is 2.89. The minimum absolute atomic E-state index is 0.333. The van der Waals surface area contributed by atoms with Crippen LogP contribution in [0, 0.1) is 23.2 Å². The van der Waals surface area contributed by atoms with Crippen LogP contribution in [0.5, 0.6) is 0 Å². The van der Waals surface area contributed by atoms with Crippen LogP contribution in [0.25, 0.3) is 0 Å². The predicted octanol–water partition coefficient (Wildman–Crippen LogP) is 1.51. The zero-order valence-electron chi connectivity index (χ0n) is 4.92. The van der Waals surface area contributed by atoms with Crippen molar-refractivity contribution >= 4 is 11.8 Å². The summed E-state index contributed by atoms with van der Waals surface area (Å²) in [5.41, 5.74) is 0. The molecule has 0 aromatic carbocycles. The third-order valence-electron chi connectivity index (χ3n) is 1.53. The predicted molar refractivity (Wildman–Crippen MR) is 35.6 cm³/mol. The maximum atomic E-state index is 8.47. The van der Waals surface area contributed by atoms with E-state index in [-0.39, 0.29) is 0 Å². The van der Waals surface area contributed by atoms with Gasteiger partial charge in [-0.05, 0) is 11.7 Å². The number of hydrogen-bond acceptors (Lipinski definition) is 2. The van der Waals surface area contributed by atoms with Crippen LogP contribution >= 0.6 is 11.8 Å². The van der Waals surface area contributed by atoms with Gasteiger partial charge in [0.15, 0.2) is 0 Å². The van der Waals surface area contributed by atoms with Gasteiger partial charge in [-0.2, -0.15) is 17.0 Å². The molecule has 1 fully saturated rings. The van der Waals surface area contributed by atoms with E-state index in [2.05, 4.69) is 13.0 Å². The molecule has 1 aliphatic heterocycles. The van der Waals surface area contributed by atoms with Crippen molar-refractivity contribution in [2.75, 3.05) is 11.5 Å². The van der Waals surface area contributed by atoms with Crippen molar-refractivity contribution in [1.29, 1.82) is 5.26 Å². The molecule has 1 heterocycles. The standard InChI is InChI=1S/C6H9NS/c1-5-3-8-4-6(5)2-7/h5-6H,3-4H2,1H3/t5-,6?/m1/s1. The van der Waals surface area contributed by atoms with Gasteiger partial charge >= 0.3 is 0 Å². The van der Waals surface area contributed by atoms with Gasteiger partial charge in [0.2, 0.25) is 0 Å². The Bertz CT molecular complexity index is 116. The molecule has 0 bridgehead atoms. The van der Waals surface area contributed by atoms with Crippen LogP contribution in [0.15, 0.2) is 0 Å². The summed E-state index contributed by atoms with van der Waals surface area (Å²) in [6.45, 7) is 2.15. The number of rotatable bonds is 0. The van der Waals surface area contributed by atoms with E-state index in [4.69, 9.17) is 5.26 Å². The molecule has 1 saturated heterocycles. The van der Waals surface area contributed by atoms with E-state index in [0.717, 1.165) is 5.75 Å². The first-order chi connectivity index (χ1) is 3.84. The first-order valence-corrected chi connectivity index (χ1v) is 3.97. The second-order valence-electron chi connectivity index (χ2n) is 2.25. The Hall–Kier alpha value is -0.160. The fourth-order valence-electron chi connectivity index (χ4n) is 0.826. The molecule has 0 radical (unpaired) electrons. The molecule has 1 unspecified atom stereocenters. The monoisotopic (exact) mass is 127 g/mol. The van der Waals surface area contributed by atoms with E-state index < -0.39 is 0 Å². The minimum atomic E-state index is 0.333. The highest BCUT2D eigenvalue weighted by Gasteiger charge is 2.22. The largest absolute Gasteiger partial charge is 0.198 e. The van der Waals surface area contributed by atoms with Crippen LogP contribution in [0.2, 0.25) is 0 Å². The smallest absolute Gasteiger partial charge is 0.0667 e. The van der Waals surface area contributed by atoms with Crippen molar-refractivity contribution in [3.63, 3.8) is 0 Å². The average molecular weight is 127 g/mol. The van der Waals surface area contributed by atoms with Crippen LogP contribution in [0.3, 0.4) is 0 Å². The van der Waals surface area contributed by atoms with E-state index in [1.54, 1.807) is 0 Å². The molecule has 1 aliphatic rings. The van der Waals surface area contributed by atoms with E-state index >= 15 is 0 Å². The van der Waals surface area contributed by atoms with Gasteiger partial charge in [0.05, 0.1) is 12.0 Å². The highest BCUT2D eigenvalue weighted by molar-refractivity contribution is 7.99. The Kier molecular flexibility index (Phi) is 1.80. The summed E-state index contributed by atoms with van der Waals surface area (Å²) >= 11 is 1.89. The first-order valence-electron chi connectivity index (χ1n) is 2.82. The topological polar surface area (TPSA) is 23.8 Å². The van der Waals surface area contributed by atoms with Gasteiger partial charge in [0.25, 0.3) is 0 Å². The summed E-state index contributed by atoms with van der Waals surface area (Å²) in [6.07, 6.45) is 0. The maximum Gasteiger partial charge on any atom is 0.0667 e. The quantitative estimate of drug-likeness (QED) is 0.492. The summed E-state index contributed by atoms with van der Waals surface area (Å²) in [4.78, 5) is 0. The van der Waals surface area contributed by atoms with E-state index in [9.17, 15) is 0 Å². The van der Waals surface area contributed by atoms with E-state index in [1.165, 1.54) is 5.75 Å². The number of thioether (sulfide) groups is 1. The van der Waals surface area contributed by atoms with Crippen LogP contribution in [0.4, 0.5) is 0 Å². The van der Waals surface area contributed by atoms with Crippen LogP contribution in [-0.4, -0.2) is 11.5 Å². The fourth-order valence-corrected chi connectivity index (χ4v) is 2.22. The second kappa shape index (κ2) is 2.41. The van der Waals surface area contributed by atoms with Gasteiger partial charge in [-0.3, -0.25) is 0 Å². The molecule has 44 valence electrons. The number of nitrogens with zero attached hydrogens (tertiary/aromatic N) is 1. The SMILES string of the molecule is C[C@@H]1CSCC1C#N. The van der Waals surface area contributed by atoms with E-state index in [0.29, 0.717) is 11.8 Å². The Morgan fingerprint density at radius 1 is 1.62 bits per heavy atom. The minimum Gasteiger partial charge on any atom is -0.198 e. The highest BCUT2D eigenvalue weighted by atomic mass is 32.2. The second-order valence-corrected chi connectivity index (χ2v) is 3.33. The van der Waals surface area contributed by atoms with Gasteiger partial charge in [-0.1, -0.05) is 6.92 Å². The molecule has 8 heavy (non-hydrogen) atoms. The molecule has 0 aromatic heterocycles. The fraction of sp³-hybridized carbons (Fsp3) is 0.833. The van der Waals surface area contributed by atoms with Gasteiger partial charge in [0.1, 0.15) is 0 Å². The summed E-state index contributed by atoms with van der Waals surface area (Å²) in [5, 5.41) is 8.47. The van der Waals surface area contributed by atoms with Crippen molar-refractivity contribution in [2.45, 2.75) is 6.92 Å². The number of hydrogen-bond donors (Lipinski definition) is 0. The van der Waals surface area contributed by atoms with Crippen molar-refractivity contribution in [3.8, 4) is 6.07 Å². The summed E-state index contributed by atoms with van der Waals surface area (Å²) in [7, 11) is 0. The Morgan fingerprint density at radius 3 is 2.62 bits per heavy atom. The molecule has 0 saturated carbocycles. The summed E-state index contributed by atoms with van der Waals surface area (Å²) < 4.78 is 0. The lowest BCUT2D eigenvalue weighted by atomic mass is 10.0. The lowest BCUT2D eigenvalue weighted by Gasteiger charge is -2.00. The van der Waals surface area contributed by atoms with Gasteiger partial charge in [-0.25, -0.2) is 0 Å². The molecule has 1 nitrogen and oxygen atoms in total. The van der Waals surface area contributed by atoms with Gasteiger partial charge in [0, 0.05) is 5.75 Å². The summed E-state index contributed by atoms with van der Waals surface area (Å²) in [6, 6.07) is 2.29. The van der Waals surface area contributed by atoms with Crippen LogP contribution in [0.1, 0.15) is 6.92 Å². The normalized spacial score (nSPS) is 37.0. The molecule has 1 rings (SSSR count). The molecule has 2 atom stereocenters. The maximum absolute atomic E-state index is 8.47. The molecular formula is C6H9NS. The Balaban J connectivity index is 2.45. The number of nitriles is 1. The molecule has 0 aliphatic carbocycles. The third kappa shape index (κ3) is 0.976. The first kappa shape index (κ1) is 5.97. The molecule has 0 amide bonds. The lowest BCUT2D eigenvalue weighted by molar-refractivity contribution is 0.555. The molecule has 0 aromatic rings. The van der Waals surface area contributed by atoms with Crippen LogP contribution in [-0.2, 0) is 0 Å². The Labute approximate surface area is 54.1 Å².